The van der Waals surface area contributed by atoms with Crippen LogP contribution in [0.1, 0.15) is 15.9 Å². The van der Waals surface area contributed by atoms with Crippen molar-refractivity contribution in [3.8, 4) is 5.75 Å². The first-order chi connectivity index (χ1) is 11.5. The van der Waals surface area contributed by atoms with Crippen molar-refractivity contribution >= 4 is 46.2 Å². The van der Waals surface area contributed by atoms with E-state index in [1.54, 1.807) is 48.5 Å². The van der Waals surface area contributed by atoms with Crippen LogP contribution < -0.4 is 5.43 Å². The zero-order valence-corrected chi connectivity index (χ0v) is 13.9. The number of phenols is 1. The van der Waals surface area contributed by atoms with Crippen molar-refractivity contribution in [1.29, 1.82) is 0 Å². The highest BCUT2D eigenvalue weighted by atomic mass is 32.2. The molecular formula is C17H12N2O3S2. The fourth-order valence-corrected chi connectivity index (χ4v) is 3.22. The topological polar surface area (TPSA) is 69.6 Å². The zero-order chi connectivity index (χ0) is 17.1. The minimum absolute atomic E-state index is 0.148. The van der Waals surface area contributed by atoms with Crippen molar-refractivity contribution in [1.82, 2.24) is 10.4 Å². The largest absolute Gasteiger partial charge is 0.508 e. The molecule has 2 N–H and O–H groups in total. The van der Waals surface area contributed by atoms with Crippen LogP contribution in [0.5, 0.6) is 5.75 Å². The summed E-state index contributed by atoms with van der Waals surface area (Å²) in [6.07, 6.45) is 1.66. The molecule has 120 valence electrons. The molecule has 1 heterocycles. The number of phenolic OH excluding ortho intramolecular Hbond substituents is 1. The summed E-state index contributed by atoms with van der Waals surface area (Å²) in [5, 5.41) is 10.4. The minimum Gasteiger partial charge on any atom is -0.508 e. The summed E-state index contributed by atoms with van der Waals surface area (Å²) in [7, 11) is 0. The van der Waals surface area contributed by atoms with Crippen LogP contribution in [0.15, 0.2) is 59.5 Å². The highest BCUT2D eigenvalue weighted by molar-refractivity contribution is 8.26. The second-order valence-corrected chi connectivity index (χ2v) is 6.59. The molecule has 1 saturated heterocycles. The maximum absolute atomic E-state index is 12.4. The van der Waals surface area contributed by atoms with Crippen LogP contribution in [0.25, 0.3) is 6.08 Å². The first kappa shape index (κ1) is 16.2. The van der Waals surface area contributed by atoms with E-state index in [2.05, 4.69) is 5.43 Å². The van der Waals surface area contributed by atoms with Crippen molar-refractivity contribution in [2.75, 3.05) is 0 Å². The molecule has 0 radical (unpaired) electrons. The van der Waals surface area contributed by atoms with Gasteiger partial charge in [0.2, 0.25) is 0 Å². The Balaban J connectivity index is 1.77. The van der Waals surface area contributed by atoms with E-state index in [1.165, 1.54) is 12.1 Å². The molecule has 0 aliphatic carbocycles. The zero-order valence-electron chi connectivity index (χ0n) is 12.3. The molecule has 1 aliphatic rings. The van der Waals surface area contributed by atoms with E-state index in [1.807, 2.05) is 0 Å². The predicted octanol–water partition coefficient (Wildman–Crippen LogP) is 2.94. The molecule has 0 aromatic heterocycles. The van der Waals surface area contributed by atoms with E-state index >= 15 is 0 Å². The van der Waals surface area contributed by atoms with Gasteiger partial charge in [-0.05, 0) is 48.1 Å². The Kier molecular flexibility index (Phi) is 4.64. The standard InChI is InChI=1S/C17H12N2O3S2/c20-13-8-6-11(7-9-13)10-14-16(22)19(17(23)24-14)18-15(21)12-4-2-1-3-5-12/h1-10,20H,(H,18,21)/b14-10+. The summed E-state index contributed by atoms with van der Waals surface area (Å²) in [6.45, 7) is 0. The van der Waals surface area contributed by atoms with Crippen molar-refractivity contribution < 1.29 is 14.7 Å². The molecule has 1 fully saturated rings. The van der Waals surface area contributed by atoms with Gasteiger partial charge in [-0.25, -0.2) is 0 Å². The molecule has 0 atom stereocenters. The van der Waals surface area contributed by atoms with Gasteiger partial charge in [-0.3, -0.25) is 15.0 Å². The summed E-state index contributed by atoms with van der Waals surface area (Å²) in [4.78, 5) is 25.0. The van der Waals surface area contributed by atoms with Crippen molar-refractivity contribution in [2.45, 2.75) is 0 Å². The lowest BCUT2D eigenvalue weighted by molar-refractivity contribution is -0.123. The van der Waals surface area contributed by atoms with Gasteiger partial charge in [-0.2, -0.15) is 5.01 Å². The Morgan fingerprint density at radius 3 is 2.46 bits per heavy atom. The monoisotopic (exact) mass is 356 g/mol. The number of aromatic hydroxyl groups is 1. The summed E-state index contributed by atoms with van der Waals surface area (Å²) < 4.78 is 0.259. The number of carbonyl (C=O) groups excluding carboxylic acids is 2. The number of hydrogen-bond acceptors (Lipinski definition) is 5. The van der Waals surface area contributed by atoms with Gasteiger partial charge in [-0.1, -0.05) is 42.1 Å². The fraction of sp³-hybridized carbons (Fsp3) is 0. The molecule has 1 aliphatic heterocycles. The SMILES string of the molecule is O=C(NN1C(=O)/C(=C\c2ccc(O)cc2)SC1=S)c1ccccc1. The Hall–Kier alpha value is -2.64. The van der Waals surface area contributed by atoms with Crippen LogP contribution in [-0.2, 0) is 4.79 Å². The fourth-order valence-electron chi connectivity index (χ4n) is 2.04. The lowest BCUT2D eigenvalue weighted by Crippen LogP contribution is -2.44. The molecule has 0 spiro atoms. The highest BCUT2D eigenvalue weighted by Crippen LogP contribution is 2.31. The lowest BCUT2D eigenvalue weighted by Gasteiger charge is -2.15. The van der Waals surface area contributed by atoms with E-state index < -0.39 is 5.91 Å². The second-order valence-electron chi connectivity index (χ2n) is 4.92. The molecule has 24 heavy (non-hydrogen) atoms. The minimum atomic E-state index is -0.405. The molecule has 0 bridgehead atoms. The summed E-state index contributed by atoms with van der Waals surface area (Å²) >= 11 is 6.28. The molecule has 0 unspecified atom stereocenters. The number of amides is 2. The van der Waals surface area contributed by atoms with Crippen LogP contribution in [0.3, 0.4) is 0 Å². The molecule has 7 heteroatoms. The van der Waals surface area contributed by atoms with Crippen LogP contribution >= 0.6 is 24.0 Å². The normalized spacial score (nSPS) is 15.8. The smallest absolute Gasteiger partial charge is 0.285 e. The van der Waals surface area contributed by atoms with Crippen molar-refractivity contribution in [2.24, 2.45) is 0 Å². The number of benzene rings is 2. The van der Waals surface area contributed by atoms with E-state index in [4.69, 9.17) is 12.2 Å². The van der Waals surface area contributed by atoms with Crippen LogP contribution in [-0.4, -0.2) is 26.3 Å². The third kappa shape index (κ3) is 3.47. The van der Waals surface area contributed by atoms with E-state index in [0.29, 0.717) is 10.5 Å². The number of nitrogens with zero attached hydrogens (tertiary/aromatic N) is 1. The number of hydrazine groups is 1. The predicted molar refractivity (Wildman–Crippen MR) is 97.0 cm³/mol. The number of thioether (sulfide) groups is 1. The Morgan fingerprint density at radius 1 is 1.12 bits per heavy atom. The quantitative estimate of drug-likeness (QED) is 0.654. The van der Waals surface area contributed by atoms with Gasteiger partial charge in [0.15, 0.2) is 4.32 Å². The van der Waals surface area contributed by atoms with Gasteiger partial charge < -0.3 is 5.11 Å². The van der Waals surface area contributed by atoms with Gasteiger partial charge in [0.1, 0.15) is 5.75 Å². The number of nitrogens with one attached hydrogen (secondary N) is 1. The van der Waals surface area contributed by atoms with E-state index in [0.717, 1.165) is 22.3 Å². The average molecular weight is 356 g/mol. The molecular weight excluding hydrogens is 344 g/mol. The van der Waals surface area contributed by atoms with Crippen LogP contribution in [0, 0.1) is 0 Å². The van der Waals surface area contributed by atoms with Crippen molar-refractivity contribution in [3.05, 3.63) is 70.6 Å². The van der Waals surface area contributed by atoms with E-state index in [9.17, 15) is 14.7 Å². The molecule has 0 saturated carbocycles. The van der Waals surface area contributed by atoms with Gasteiger partial charge in [0.25, 0.3) is 11.8 Å². The highest BCUT2D eigenvalue weighted by Gasteiger charge is 2.33. The van der Waals surface area contributed by atoms with Gasteiger partial charge in [-0.15, -0.1) is 0 Å². The maximum Gasteiger partial charge on any atom is 0.285 e. The summed E-state index contributed by atoms with van der Waals surface area (Å²) in [5.41, 5.74) is 3.71. The maximum atomic E-state index is 12.4. The average Bonchev–Trinajstić information content (AvgIpc) is 2.85. The number of rotatable bonds is 3. The Bertz CT molecular complexity index is 833. The number of hydrogen-bond donors (Lipinski definition) is 2. The Morgan fingerprint density at radius 2 is 1.79 bits per heavy atom. The van der Waals surface area contributed by atoms with Gasteiger partial charge in [0.05, 0.1) is 4.91 Å². The van der Waals surface area contributed by atoms with Crippen LogP contribution in [0.4, 0.5) is 0 Å². The first-order valence-corrected chi connectivity index (χ1v) is 8.20. The third-order valence-corrected chi connectivity index (χ3v) is 4.54. The molecule has 5 nitrogen and oxygen atoms in total. The third-order valence-electron chi connectivity index (χ3n) is 3.23. The van der Waals surface area contributed by atoms with Gasteiger partial charge >= 0.3 is 0 Å². The van der Waals surface area contributed by atoms with E-state index in [-0.39, 0.29) is 16.0 Å². The summed E-state index contributed by atoms with van der Waals surface area (Å²) in [6, 6.07) is 15.0. The number of thiocarbonyl (C=S) groups is 1. The molecule has 2 aromatic rings. The van der Waals surface area contributed by atoms with Crippen LogP contribution in [0.2, 0.25) is 0 Å². The second kappa shape index (κ2) is 6.86. The molecule has 2 amide bonds. The first-order valence-electron chi connectivity index (χ1n) is 6.97. The molecule has 2 aromatic carbocycles. The van der Waals surface area contributed by atoms with Crippen molar-refractivity contribution in [3.63, 3.8) is 0 Å². The Labute approximate surface area is 147 Å². The number of carbonyl (C=O) groups is 2. The summed E-state index contributed by atoms with van der Waals surface area (Å²) in [5.74, 6) is -0.644. The van der Waals surface area contributed by atoms with Gasteiger partial charge in [0, 0.05) is 5.56 Å². The molecule has 3 rings (SSSR count). The lowest BCUT2D eigenvalue weighted by atomic mass is 10.2.